The number of rotatable bonds is 17. The van der Waals surface area contributed by atoms with Gasteiger partial charge in [0.05, 0.1) is 22.3 Å². The highest BCUT2D eigenvalue weighted by atomic mass is 32.2. The van der Waals surface area contributed by atoms with Crippen molar-refractivity contribution in [1.82, 2.24) is 0 Å². The van der Waals surface area contributed by atoms with E-state index >= 15 is 9.59 Å². The van der Waals surface area contributed by atoms with Gasteiger partial charge in [0.15, 0.2) is 23.0 Å². The normalized spacial score (nSPS) is 15.8. The lowest BCUT2D eigenvalue weighted by atomic mass is 9.77. The molecule has 2 aliphatic rings. The molecule has 0 heterocycles. The summed E-state index contributed by atoms with van der Waals surface area (Å²) in [7, 11) is -14.0. The topological polar surface area (TPSA) is 164 Å². The predicted molar refractivity (Wildman–Crippen MR) is 282 cm³/mol. The van der Waals surface area contributed by atoms with E-state index < -0.39 is 75.9 Å². The molecule has 0 saturated heterocycles. The molecule has 0 spiro atoms. The quantitative estimate of drug-likeness (QED) is 0.0627. The van der Waals surface area contributed by atoms with E-state index in [2.05, 4.69) is 31.2 Å². The summed E-state index contributed by atoms with van der Waals surface area (Å²) in [6.45, 7) is 7.56. The molecule has 0 unspecified atom stereocenters. The molecule has 73 heavy (non-hydrogen) atoms. The van der Waals surface area contributed by atoms with Crippen LogP contribution in [0.4, 0.5) is 0 Å². The summed E-state index contributed by atoms with van der Waals surface area (Å²) in [5.41, 5.74) is 3.47. The van der Waals surface area contributed by atoms with Crippen LogP contribution in [0, 0.1) is 26.7 Å². The first kappa shape index (κ1) is 51.4. The Morgan fingerprint density at radius 1 is 0.452 bits per heavy atom. The van der Waals surface area contributed by atoms with Gasteiger partial charge in [0.1, 0.15) is 14.7 Å². The standard InChI is InChI=1S/C58H54O11S4/c1-5-6-7-8-40-15-17-41(18-16-40)42-19-21-43(22-20-42)44-23-25-45(26-24-44)70-52-36-35-51(69-73(65,66)48-31-13-39(4)14-32-48)55-56(52)58(60)54-50(68-72(63,64)47-29-11-38(3)12-30-47)34-33-49(53(54)57(55)59)67-71(61,62)46-27-9-37(2)10-28-46/h9-14,19-36,40-41H,5-8,15-18H2,1-4H3. The Morgan fingerprint density at radius 3 is 1.26 bits per heavy atom. The zero-order chi connectivity index (χ0) is 51.7. The SMILES string of the molecule is CCCCCC1CCC(c2ccc(-c3ccc(Sc4ccc(OS(=O)(=O)c5ccc(C)cc5)c5c4C(=O)c4c(OS(=O)(=O)c6ccc(C)cc6)ccc(OS(=O)(=O)c6ccc(C)cc6)c4C5=O)cc3)cc2)CC1. The van der Waals surface area contributed by atoms with Gasteiger partial charge in [-0.15, -0.1) is 0 Å². The molecule has 15 heteroatoms. The Bertz CT molecular complexity index is 3550. The lowest BCUT2D eigenvalue weighted by Crippen LogP contribution is -2.26. The van der Waals surface area contributed by atoms with Crippen molar-refractivity contribution >= 4 is 53.7 Å². The summed E-state index contributed by atoms with van der Waals surface area (Å²) in [5.74, 6) is -2.47. The molecule has 0 aromatic heterocycles. The van der Waals surface area contributed by atoms with Crippen molar-refractivity contribution in [2.45, 2.75) is 109 Å². The molecule has 11 nitrogen and oxygen atoms in total. The molecular formula is C58H54O11S4. The number of unbranched alkanes of at least 4 members (excludes halogenated alkanes) is 2. The van der Waals surface area contributed by atoms with Gasteiger partial charge in [-0.05, 0) is 148 Å². The van der Waals surface area contributed by atoms with Crippen LogP contribution in [0.25, 0.3) is 11.1 Å². The number of hydrogen-bond acceptors (Lipinski definition) is 12. The maximum Gasteiger partial charge on any atom is 0.339 e. The molecule has 0 atom stereocenters. The van der Waals surface area contributed by atoms with Gasteiger partial charge in [-0.3, -0.25) is 9.59 Å². The summed E-state index contributed by atoms with van der Waals surface area (Å²) in [5, 5.41) is 0. The third-order valence-corrected chi connectivity index (χ3v) is 18.4. The van der Waals surface area contributed by atoms with E-state index in [4.69, 9.17) is 12.5 Å². The molecule has 0 N–H and O–H groups in total. The molecule has 0 radical (unpaired) electrons. The molecular weight excluding hydrogens is 1000 g/mol. The number of carbonyl (C=O) groups excluding carboxylic acids is 2. The molecule has 0 aliphatic heterocycles. The largest absolute Gasteiger partial charge is 0.378 e. The Morgan fingerprint density at radius 2 is 0.836 bits per heavy atom. The number of ketones is 2. The van der Waals surface area contributed by atoms with Crippen LogP contribution in [0.1, 0.15) is 118 Å². The van der Waals surface area contributed by atoms with Gasteiger partial charge < -0.3 is 12.5 Å². The summed E-state index contributed by atoms with van der Waals surface area (Å²) in [6, 6.07) is 38.3. The first-order valence-corrected chi connectivity index (χ1v) is 29.3. The highest BCUT2D eigenvalue weighted by Crippen LogP contribution is 2.47. The van der Waals surface area contributed by atoms with Crippen molar-refractivity contribution in [2.24, 2.45) is 5.92 Å². The number of carbonyl (C=O) groups is 2. The van der Waals surface area contributed by atoms with Gasteiger partial charge in [-0.25, -0.2) is 0 Å². The molecule has 7 aromatic carbocycles. The van der Waals surface area contributed by atoms with Crippen molar-refractivity contribution in [3.05, 3.63) is 190 Å². The minimum Gasteiger partial charge on any atom is -0.378 e. The van der Waals surface area contributed by atoms with Crippen molar-refractivity contribution in [2.75, 3.05) is 0 Å². The van der Waals surface area contributed by atoms with Crippen LogP contribution in [-0.2, 0) is 30.4 Å². The van der Waals surface area contributed by atoms with E-state index in [0.29, 0.717) is 10.8 Å². The Kier molecular flexibility index (Phi) is 14.9. The van der Waals surface area contributed by atoms with E-state index in [-0.39, 0.29) is 25.1 Å². The second-order valence-corrected chi connectivity index (χ2v) is 24.5. The monoisotopic (exact) mass is 1050 g/mol. The number of benzene rings is 7. The fraction of sp³-hybridized carbons (Fsp3) is 0.241. The van der Waals surface area contributed by atoms with Crippen LogP contribution >= 0.6 is 11.8 Å². The minimum absolute atomic E-state index is 0.183. The molecule has 0 amide bonds. The van der Waals surface area contributed by atoms with Crippen LogP contribution in [0.15, 0.2) is 170 Å². The fourth-order valence-electron chi connectivity index (χ4n) is 9.45. The fourth-order valence-corrected chi connectivity index (χ4v) is 13.2. The first-order chi connectivity index (χ1) is 34.9. The molecule has 1 fully saturated rings. The summed E-state index contributed by atoms with van der Waals surface area (Å²) in [6.07, 6.45) is 10.1. The lowest BCUT2D eigenvalue weighted by molar-refractivity contribution is 0.0972. The van der Waals surface area contributed by atoms with Gasteiger partial charge in [0, 0.05) is 9.79 Å². The maximum absolute atomic E-state index is 15.4. The minimum atomic E-state index is -4.69. The zero-order valence-electron chi connectivity index (χ0n) is 40.8. The maximum atomic E-state index is 15.4. The smallest absolute Gasteiger partial charge is 0.339 e. The van der Waals surface area contributed by atoms with E-state index in [9.17, 15) is 25.3 Å². The lowest BCUT2D eigenvalue weighted by Gasteiger charge is -2.29. The van der Waals surface area contributed by atoms with Crippen LogP contribution in [0.3, 0.4) is 0 Å². The second kappa shape index (κ2) is 21.1. The molecule has 7 aromatic rings. The van der Waals surface area contributed by atoms with Crippen LogP contribution in [0.2, 0.25) is 0 Å². The van der Waals surface area contributed by atoms with E-state index in [1.54, 1.807) is 57.2 Å². The van der Waals surface area contributed by atoms with Gasteiger partial charge >= 0.3 is 30.4 Å². The molecule has 2 aliphatic carbocycles. The summed E-state index contributed by atoms with van der Waals surface area (Å²) < 4.78 is 100. The second-order valence-electron chi connectivity index (χ2n) is 18.8. The van der Waals surface area contributed by atoms with Crippen LogP contribution in [-0.4, -0.2) is 36.8 Å². The van der Waals surface area contributed by atoms with Crippen molar-refractivity contribution in [3.8, 4) is 28.4 Å². The molecule has 9 rings (SSSR count). The van der Waals surface area contributed by atoms with E-state index in [0.717, 1.165) is 57.6 Å². The van der Waals surface area contributed by atoms with Crippen LogP contribution in [0.5, 0.6) is 17.2 Å². The zero-order valence-corrected chi connectivity index (χ0v) is 44.1. The average molecular weight is 1060 g/mol. The number of fused-ring (bicyclic) bond motifs is 2. The Hall–Kier alpha value is -6.52. The average Bonchev–Trinajstić information content (AvgIpc) is 3.37. The number of hydrogen-bond donors (Lipinski definition) is 0. The highest BCUT2D eigenvalue weighted by molar-refractivity contribution is 7.99. The molecule has 1 saturated carbocycles. The van der Waals surface area contributed by atoms with Gasteiger partial charge in [-0.1, -0.05) is 134 Å². The summed E-state index contributed by atoms with van der Waals surface area (Å²) in [4.78, 5) is 30.8. The van der Waals surface area contributed by atoms with Crippen LogP contribution < -0.4 is 12.5 Å². The third-order valence-electron chi connectivity index (χ3n) is 13.6. The number of aryl methyl sites for hydroxylation is 3. The van der Waals surface area contributed by atoms with E-state index in [1.165, 1.54) is 105 Å². The Labute approximate surface area is 432 Å². The first-order valence-electron chi connectivity index (χ1n) is 24.3. The third kappa shape index (κ3) is 11.2. The molecule has 0 bridgehead atoms. The summed E-state index contributed by atoms with van der Waals surface area (Å²) >= 11 is 1.10. The Balaban J connectivity index is 1.10. The molecule has 376 valence electrons. The van der Waals surface area contributed by atoms with Gasteiger partial charge in [0.25, 0.3) is 0 Å². The van der Waals surface area contributed by atoms with E-state index in [1.807, 2.05) is 24.3 Å². The van der Waals surface area contributed by atoms with Gasteiger partial charge in [-0.2, -0.15) is 25.3 Å². The van der Waals surface area contributed by atoms with Crippen molar-refractivity contribution in [3.63, 3.8) is 0 Å². The van der Waals surface area contributed by atoms with Crippen molar-refractivity contribution < 1.29 is 47.4 Å². The highest BCUT2D eigenvalue weighted by Gasteiger charge is 2.42. The van der Waals surface area contributed by atoms with Gasteiger partial charge in [0.2, 0.25) is 5.78 Å². The predicted octanol–water partition coefficient (Wildman–Crippen LogP) is 13.4. The van der Waals surface area contributed by atoms with Crippen molar-refractivity contribution in [1.29, 1.82) is 0 Å².